The third-order valence-corrected chi connectivity index (χ3v) is 4.53. The number of likely N-dealkylation sites (tertiary alicyclic amines) is 1. The van der Waals surface area contributed by atoms with Crippen LogP contribution in [-0.2, 0) is 6.54 Å². The van der Waals surface area contributed by atoms with Crippen LogP contribution in [0.4, 0.5) is 0 Å². The number of imidazole rings is 1. The Morgan fingerprint density at radius 3 is 2.81 bits per heavy atom. The molecule has 0 radical (unpaired) electrons. The number of aromatic nitrogens is 3. The highest BCUT2D eigenvalue weighted by atomic mass is 15.2. The first-order valence-electron chi connectivity index (χ1n) is 8.15. The molecule has 0 spiro atoms. The molecule has 0 aromatic carbocycles. The van der Waals surface area contributed by atoms with E-state index in [0.717, 1.165) is 17.7 Å². The quantitative estimate of drug-likeness (QED) is 0.863. The number of nitrogens with zero attached hydrogens (tertiary/aromatic N) is 4. The highest BCUT2D eigenvalue weighted by Crippen LogP contribution is 2.26. The molecule has 2 aromatic heterocycles. The second-order valence-corrected chi connectivity index (χ2v) is 6.71. The fraction of sp³-hybridized carbons (Fsp3) is 0.647. The fourth-order valence-corrected chi connectivity index (χ4v) is 3.54. The van der Waals surface area contributed by atoms with Crippen molar-refractivity contribution in [1.29, 1.82) is 0 Å². The van der Waals surface area contributed by atoms with Crippen LogP contribution in [0.2, 0.25) is 0 Å². The lowest BCUT2D eigenvalue weighted by Gasteiger charge is -2.29. The van der Waals surface area contributed by atoms with Crippen LogP contribution in [0.3, 0.4) is 0 Å². The zero-order valence-electron chi connectivity index (χ0n) is 13.6. The predicted molar refractivity (Wildman–Crippen MR) is 86.5 cm³/mol. The van der Waals surface area contributed by atoms with Crippen molar-refractivity contribution in [2.75, 3.05) is 6.54 Å². The second kappa shape index (κ2) is 5.76. The van der Waals surface area contributed by atoms with E-state index in [1.54, 1.807) is 0 Å². The summed E-state index contributed by atoms with van der Waals surface area (Å²) in [5.74, 6) is 1.59. The first-order valence-corrected chi connectivity index (χ1v) is 8.15. The van der Waals surface area contributed by atoms with Crippen LogP contribution in [0.5, 0.6) is 0 Å². The first-order chi connectivity index (χ1) is 10.1. The third kappa shape index (κ3) is 2.69. The molecule has 0 bridgehead atoms. The Morgan fingerprint density at radius 2 is 2.10 bits per heavy atom. The molecule has 1 saturated heterocycles. The van der Waals surface area contributed by atoms with Crippen molar-refractivity contribution in [3.63, 3.8) is 0 Å². The molecular weight excluding hydrogens is 260 g/mol. The van der Waals surface area contributed by atoms with Gasteiger partial charge >= 0.3 is 0 Å². The summed E-state index contributed by atoms with van der Waals surface area (Å²) < 4.78 is 2.35. The van der Waals surface area contributed by atoms with Gasteiger partial charge in [-0.05, 0) is 45.4 Å². The van der Waals surface area contributed by atoms with E-state index in [9.17, 15) is 0 Å². The molecule has 1 aliphatic heterocycles. The van der Waals surface area contributed by atoms with E-state index >= 15 is 0 Å². The molecule has 1 atom stereocenters. The van der Waals surface area contributed by atoms with Crippen LogP contribution >= 0.6 is 0 Å². The molecule has 0 N–H and O–H groups in total. The molecule has 3 rings (SSSR count). The molecule has 21 heavy (non-hydrogen) atoms. The maximum Gasteiger partial charge on any atom is 0.160 e. The van der Waals surface area contributed by atoms with E-state index in [2.05, 4.69) is 48.2 Å². The predicted octanol–water partition coefficient (Wildman–Crippen LogP) is 3.43. The average Bonchev–Trinajstić information content (AvgIpc) is 3.04. The summed E-state index contributed by atoms with van der Waals surface area (Å²) >= 11 is 0. The van der Waals surface area contributed by atoms with Gasteiger partial charge in [-0.2, -0.15) is 0 Å². The van der Waals surface area contributed by atoms with Crippen LogP contribution < -0.4 is 0 Å². The summed E-state index contributed by atoms with van der Waals surface area (Å²) in [6.45, 7) is 11.3. The Labute approximate surface area is 127 Å². The van der Waals surface area contributed by atoms with Gasteiger partial charge in [0.05, 0.1) is 0 Å². The molecule has 114 valence electrons. The summed E-state index contributed by atoms with van der Waals surface area (Å²) in [6, 6.07) is 5.27. The first kappa shape index (κ1) is 14.5. The molecule has 2 aromatic rings. The molecule has 4 heteroatoms. The highest BCUT2D eigenvalue weighted by molar-refractivity contribution is 5.71. The van der Waals surface area contributed by atoms with E-state index in [1.165, 1.54) is 25.2 Å². The number of fused-ring (bicyclic) bond motifs is 1. The Bertz CT molecular complexity index is 614. The summed E-state index contributed by atoms with van der Waals surface area (Å²) in [4.78, 5) is 12.0. The van der Waals surface area contributed by atoms with Gasteiger partial charge in [0.15, 0.2) is 5.65 Å². The third-order valence-electron chi connectivity index (χ3n) is 4.53. The number of hydrogen-bond donors (Lipinski definition) is 0. The highest BCUT2D eigenvalue weighted by Gasteiger charge is 2.28. The number of hydrogen-bond acceptors (Lipinski definition) is 3. The molecule has 0 aliphatic carbocycles. The zero-order chi connectivity index (χ0) is 15.0. The van der Waals surface area contributed by atoms with E-state index < -0.39 is 0 Å². The van der Waals surface area contributed by atoms with E-state index in [-0.39, 0.29) is 0 Å². The molecule has 3 heterocycles. The molecule has 1 fully saturated rings. The van der Waals surface area contributed by atoms with Gasteiger partial charge in [-0.1, -0.05) is 13.8 Å². The minimum atomic E-state index is 0.424. The van der Waals surface area contributed by atoms with E-state index in [4.69, 9.17) is 4.98 Å². The number of pyridine rings is 1. The van der Waals surface area contributed by atoms with Gasteiger partial charge in [-0.25, -0.2) is 9.97 Å². The second-order valence-electron chi connectivity index (χ2n) is 6.71. The van der Waals surface area contributed by atoms with Crippen LogP contribution in [0.1, 0.15) is 52.3 Å². The van der Waals surface area contributed by atoms with Crippen molar-refractivity contribution >= 4 is 11.2 Å². The standard InChI is InChI=1S/C17H26N4/c1-12(2)16-19-15-8-5-9-18-17(15)21(16)11-14-7-6-10-20(14)13(3)4/h5,8-9,12-14H,6-7,10-11H2,1-4H3. The monoisotopic (exact) mass is 286 g/mol. The Hall–Kier alpha value is -1.42. The van der Waals surface area contributed by atoms with Crippen molar-refractivity contribution in [2.45, 2.75) is 65.1 Å². The fourth-order valence-electron chi connectivity index (χ4n) is 3.54. The molecule has 1 aliphatic rings. The SMILES string of the molecule is CC(C)c1nc2cccnc2n1CC1CCCN1C(C)C. The lowest BCUT2D eigenvalue weighted by molar-refractivity contribution is 0.187. The zero-order valence-corrected chi connectivity index (χ0v) is 13.6. The van der Waals surface area contributed by atoms with Gasteiger partial charge in [0.25, 0.3) is 0 Å². The Kier molecular flexibility index (Phi) is 3.98. The van der Waals surface area contributed by atoms with Crippen molar-refractivity contribution < 1.29 is 0 Å². The summed E-state index contributed by atoms with van der Waals surface area (Å²) in [7, 11) is 0. The molecule has 4 nitrogen and oxygen atoms in total. The maximum atomic E-state index is 4.81. The normalized spacial score (nSPS) is 20.2. The summed E-state index contributed by atoms with van der Waals surface area (Å²) in [6.07, 6.45) is 4.46. The van der Waals surface area contributed by atoms with E-state index in [1.807, 2.05) is 12.3 Å². The Morgan fingerprint density at radius 1 is 1.29 bits per heavy atom. The van der Waals surface area contributed by atoms with Gasteiger partial charge < -0.3 is 4.57 Å². The molecule has 0 saturated carbocycles. The van der Waals surface area contributed by atoms with Gasteiger partial charge in [-0.15, -0.1) is 0 Å². The summed E-state index contributed by atoms with van der Waals surface area (Å²) in [5.41, 5.74) is 2.06. The lowest BCUT2D eigenvalue weighted by Crippen LogP contribution is -2.38. The topological polar surface area (TPSA) is 34.0 Å². The van der Waals surface area contributed by atoms with Crippen LogP contribution in [0, 0.1) is 0 Å². The minimum absolute atomic E-state index is 0.424. The van der Waals surface area contributed by atoms with Crippen LogP contribution in [-0.4, -0.2) is 38.1 Å². The van der Waals surface area contributed by atoms with Crippen molar-refractivity contribution in [3.8, 4) is 0 Å². The van der Waals surface area contributed by atoms with Crippen molar-refractivity contribution in [1.82, 2.24) is 19.4 Å². The molecule has 0 amide bonds. The minimum Gasteiger partial charge on any atom is -0.311 e. The van der Waals surface area contributed by atoms with Crippen molar-refractivity contribution in [3.05, 3.63) is 24.2 Å². The van der Waals surface area contributed by atoms with E-state index in [0.29, 0.717) is 18.0 Å². The van der Waals surface area contributed by atoms with Gasteiger partial charge in [0, 0.05) is 30.7 Å². The average molecular weight is 286 g/mol. The number of rotatable bonds is 4. The van der Waals surface area contributed by atoms with Crippen molar-refractivity contribution in [2.24, 2.45) is 0 Å². The van der Waals surface area contributed by atoms with Gasteiger partial charge in [0.2, 0.25) is 0 Å². The Balaban J connectivity index is 1.97. The lowest BCUT2D eigenvalue weighted by atomic mass is 10.1. The van der Waals surface area contributed by atoms with Crippen LogP contribution in [0.25, 0.3) is 11.2 Å². The maximum absolute atomic E-state index is 4.81. The molecule has 1 unspecified atom stereocenters. The van der Waals surface area contributed by atoms with Crippen LogP contribution in [0.15, 0.2) is 18.3 Å². The molecular formula is C17H26N4. The largest absolute Gasteiger partial charge is 0.311 e. The van der Waals surface area contributed by atoms with Gasteiger partial charge in [-0.3, -0.25) is 4.90 Å². The summed E-state index contributed by atoms with van der Waals surface area (Å²) in [5, 5.41) is 0. The smallest absolute Gasteiger partial charge is 0.160 e. The van der Waals surface area contributed by atoms with Gasteiger partial charge in [0.1, 0.15) is 11.3 Å².